The van der Waals surface area contributed by atoms with Gasteiger partial charge in [0, 0.05) is 39.3 Å². The first-order valence-corrected chi connectivity index (χ1v) is 8.38. The van der Waals surface area contributed by atoms with Crippen molar-refractivity contribution in [3.8, 4) is 0 Å². The van der Waals surface area contributed by atoms with E-state index >= 15 is 0 Å². The molecule has 4 nitrogen and oxygen atoms in total. The molecule has 0 aliphatic carbocycles. The summed E-state index contributed by atoms with van der Waals surface area (Å²) in [6.07, 6.45) is 0.932. The smallest absolute Gasteiger partial charge is 0.248 e. The van der Waals surface area contributed by atoms with Gasteiger partial charge in [0.15, 0.2) is 0 Å². The lowest BCUT2D eigenvalue weighted by molar-refractivity contribution is -0.137. The van der Waals surface area contributed by atoms with Crippen molar-refractivity contribution < 1.29 is 9.53 Å². The lowest BCUT2D eigenvalue weighted by atomic mass is 10.2. The molecule has 0 aromatic heterocycles. The Kier molecular flexibility index (Phi) is 6.96. The van der Waals surface area contributed by atoms with Crippen LogP contribution in [-0.4, -0.2) is 55.1 Å². The summed E-state index contributed by atoms with van der Waals surface area (Å²) in [5.74, 6) is 0.0777. The van der Waals surface area contributed by atoms with Gasteiger partial charge in [-0.15, -0.1) is 0 Å². The number of benzene rings is 1. The second-order valence-electron chi connectivity index (χ2n) is 5.42. The minimum atomic E-state index is 0.0777. The van der Waals surface area contributed by atoms with E-state index in [0.717, 1.165) is 44.7 Å². The fourth-order valence-electron chi connectivity index (χ4n) is 2.46. The van der Waals surface area contributed by atoms with Crippen LogP contribution >= 0.6 is 23.2 Å². The van der Waals surface area contributed by atoms with Gasteiger partial charge < -0.3 is 9.64 Å². The number of nitrogens with zero attached hydrogens (tertiary/aromatic N) is 2. The van der Waals surface area contributed by atoms with Gasteiger partial charge in [-0.3, -0.25) is 9.69 Å². The second-order valence-corrected chi connectivity index (χ2v) is 6.21. The first kappa shape index (κ1) is 17.5. The van der Waals surface area contributed by atoms with Crippen molar-refractivity contribution in [2.45, 2.75) is 19.9 Å². The summed E-state index contributed by atoms with van der Waals surface area (Å²) >= 11 is 12.3. The van der Waals surface area contributed by atoms with Gasteiger partial charge in [0.05, 0.1) is 10.0 Å². The largest absolute Gasteiger partial charge is 0.372 e. The third-order valence-electron chi connectivity index (χ3n) is 3.72. The first-order valence-electron chi connectivity index (χ1n) is 7.62. The molecule has 0 N–H and O–H groups in total. The van der Waals surface area contributed by atoms with Crippen molar-refractivity contribution in [1.82, 2.24) is 9.80 Å². The molecule has 0 bridgehead atoms. The molecule has 1 aliphatic heterocycles. The van der Waals surface area contributed by atoms with E-state index in [1.807, 2.05) is 24.0 Å². The Labute approximate surface area is 141 Å². The van der Waals surface area contributed by atoms with Crippen LogP contribution in [0.2, 0.25) is 10.0 Å². The molecule has 0 unspecified atom stereocenters. The Morgan fingerprint density at radius 3 is 2.64 bits per heavy atom. The standard InChI is InChI=1S/C16H22Cl2N2O2/c1-2-10-22-12-15(21)20-8-6-19(7-9-20)11-13-4-3-5-14(17)16(13)18/h3-5H,2,6-12H2,1H3. The van der Waals surface area contributed by atoms with E-state index in [-0.39, 0.29) is 12.5 Å². The molecule has 1 saturated heterocycles. The average Bonchev–Trinajstić information content (AvgIpc) is 2.53. The second kappa shape index (κ2) is 8.73. The number of amides is 1. The molecule has 122 valence electrons. The van der Waals surface area contributed by atoms with Crippen molar-refractivity contribution in [1.29, 1.82) is 0 Å². The molecular weight excluding hydrogens is 323 g/mol. The van der Waals surface area contributed by atoms with Crippen molar-refractivity contribution >= 4 is 29.1 Å². The third-order valence-corrected chi connectivity index (χ3v) is 4.58. The third kappa shape index (κ3) is 4.85. The Morgan fingerprint density at radius 2 is 1.95 bits per heavy atom. The topological polar surface area (TPSA) is 32.8 Å². The Hall–Kier alpha value is -0.810. The minimum absolute atomic E-state index is 0.0777. The highest BCUT2D eigenvalue weighted by molar-refractivity contribution is 6.42. The molecule has 1 heterocycles. The molecule has 0 saturated carbocycles. The molecule has 1 fully saturated rings. The number of halogens is 2. The van der Waals surface area contributed by atoms with E-state index in [4.69, 9.17) is 27.9 Å². The monoisotopic (exact) mass is 344 g/mol. The predicted octanol–water partition coefficient (Wildman–Crippen LogP) is 3.06. The zero-order chi connectivity index (χ0) is 15.9. The number of hydrogen-bond donors (Lipinski definition) is 0. The summed E-state index contributed by atoms with van der Waals surface area (Å²) < 4.78 is 5.31. The number of piperazine rings is 1. The first-order chi connectivity index (χ1) is 10.6. The van der Waals surface area contributed by atoms with E-state index in [0.29, 0.717) is 16.7 Å². The van der Waals surface area contributed by atoms with E-state index in [1.54, 1.807) is 6.07 Å². The maximum Gasteiger partial charge on any atom is 0.248 e. The summed E-state index contributed by atoms with van der Waals surface area (Å²) in [5.41, 5.74) is 1.03. The quantitative estimate of drug-likeness (QED) is 0.743. The van der Waals surface area contributed by atoms with Crippen LogP contribution in [-0.2, 0) is 16.1 Å². The predicted molar refractivity (Wildman–Crippen MR) is 89.4 cm³/mol. The maximum absolute atomic E-state index is 12.0. The van der Waals surface area contributed by atoms with Gasteiger partial charge in [-0.2, -0.15) is 0 Å². The highest BCUT2D eigenvalue weighted by Crippen LogP contribution is 2.26. The number of hydrogen-bond acceptors (Lipinski definition) is 3. The van der Waals surface area contributed by atoms with Crippen molar-refractivity contribution in [3.63, 3.8) is 0 Å². The van der Waals surface area contributed by atoms with E-state index in [2.05, 4.69) is 4.90 Å². The number of carbonyl (C=O) groups is 1. The van der Waals surface area contributed by atoms with Gasteiger partial charge in [-0.25, -0.2) is 0 Å². The molecule has 2 rings (SSSR count). The summed E-state index contributed by atoms with van der Waals surface area (Å²) in [5, 5.41) is 1.21. The molecular formula is C16H22Cl2N2O2. The van der Waals surface area contributed by atoms with Crippen LogP contribution in [0.3, 0.4) is 0 Å². The Morgan fingerprint density at radius 1 is 1.23 bits per heavy atom. The Bertz CT molecular complexity index is 503. The van der Waals surface area contributed by atoms with Crippen LogP contribution in [0.5, 0.6) is 0 Å². The lowest BCUT2D eigenvalue weighted by Crippen LogP contribution is -2.49. The molecule has 0 atom stereocenters. The van der Waals surface area contributed by atoms with Gasteiger partial charge in [0.2, 0.25) is 5.91 Å². The molecule has 22 heavy (non-hydrogen) atoms. The van der Waals surface area contributed by atoms with Crippen LogP contribution in [0.15, 0.2) is 18.2 Å². The van der Waals surface area contributed by atoms with Crippen molar-refractivity contribution in [2.24, 2.45) is 0 Å². The average molecular weight is 345 g/mol. The molecule has 1 amide bonds. The lowest BCUT2D eigenvalue weighted by Gasteiger charge is -2.34. The highest BCUT2D eigenvalue weighted by Gasteiger charge is 2.21. The highest BCUT2D eigenvalue weighted by atomic mass is 35.5. The molecule has 1 aliphatic rings. The van der Waals surface area contributed by atoms with Crippen LogP contribution in [0.25, 0.3) is 0 Å². The van der Waals surface area contributed by atoms with Gasteiger partial charge in [0.1, 0.15) is 6.61 Å². The minimum Gasteiger partial charge on any atom is -0.372 e. The maximum atomic E-state index is 12.0. The van der Waals surface area contributed by atoms with Gasteiger partial charge in [0.25, 0.3) is 0 Å². The number of carbonyl (C=O) groups excluding carboxylic acids is 1. The van der Waals surface area contributed by atoms with E-state index in [1.165, 1.54) is 0 Å². The molecule has 1 aromatic rings. The van der Waals surface area contributed by atoms with Gasteiger partial charge >= 0.3 is 0 Å². The fourth-order valence-corrected chi connectivity index (χ4v) is 2.84. The SMILES string of the molecule is CCCOCC(=O)N1CCN(Cc2cccc(Cl)c2Cl)CC1. The van der Waals surface area contributed by atoms with Gasteiger partial charge in [-0.1, -0.05) is 42.3 Å². The van der Waals surface area contributed by atoms with Crippen LogP contribution < -0.4 is 0 Å². The number of ether oxygens (including phenoxy) is 1. The molecule has 0 spiro atoms. The molecule has 6 heteroatoms. The van der Waals surface area contributed by atoms with Crippen molar-refractivity contribution in [3.05, 3.63) is 33.8 Å². The zero-order valence-electron chi connectivity index (χ0n) is 12.9. The summed E-state index contributed by atoms with van der Waals surface area (Å²) in [6.45, 7) is 6.74. The Balaban J connectivity index is 1.80. The van der Waals surface area contributed by atoms with Gasteiger partial charge in [-0.05, 0) is 18.1 Å². The van der Waals surface area contributed by atoms with Crippen LogP contribution in [0, 0.1) is 0 Å². The molecule has 1 aromatic carbocycles. The normalized spacial score (nSPS) is 16.0. The summed E-state index contributed by atoms with van der Waals surface area (Å²) in [4.78, 5) is 16.1. The van der Waals surface area contributed by atoms with Crippen LogP contribution in [0.1, 0.15) is 18.9 Å². The van der Waals surface area contributed by atoms with E-state index in [9.17, 15) is 4.79 Å². The molecule has 0 radical (unpaired) electrons. The summed E-state index contributed by atoms with van der Waals surface area (Å²) in [7, 11) is 0. The summed E-state index contributed by atoms with van der Waals surface area (Å²) in [6, 6.07) is 5.69. The number of rotatable bonds is 6. The van der Waals surface area contributed by atoms with Crippen molar-refractivity contribution in [2.75, 3.05) is 39.4 Å². The fraction of sp³-hybridized carbons (Fsp3) is 0.562. The van der Waals surface area contributed by atoms with Crippen LogP contribution in [0.4, 0.5) is 0 Å². The van der Waals surface area contributed by atoms with E-state index < -0.39 is 0 Å². The zero-order valence-corrected chi connectivity index (χ0v) is 14.4.